The van der Waals surface area contributed by atoms with Crippen LogP contribution in [0.2, 0.25) is 0 Å². The first kappa shape index (κ1) is 9.68. The molecule has 2 heterocycles. The minimum absolute atomic E-state index is 0.756. The van der Waals surface area contributed by atoms with E-state index in [0.29, 0.717) is 0 Å². The van der Waals surface area contributed by atoms with Gasteiger partial charge in [-0.2, -0.15) is 0 Å². The molecule has 0 bridgehead atoms. The van der Waals surface area contributed by atoms with Gasteiger partial charge in [0.2, 0.25) is 0 Å². The van der Waals surface area contributed by atoms with Gasteiger partial charge in [0.1, 0.15) is 0 Å². The van der Waals surface area contributed by atoms with E-state index in [1.807, 2.05) is 19.9 Å². The van der Waals surface area contributed by atoms with E-state index in [1.165, 1.54) is 0 Å². The summed E-state index contributed by atoms with van der Waals surface area (Å²) in [5.41, 5.74) is 2.06. The average Bonchev–Trinajstić information content (AvgIpc) is 2.49. The number of hydrogen-bond acceptors (Lipinski definition) is 4. The maximum absolute atomic E-state index is 5.69. The van der Waals surface area contributed by atoms with Gasteiger partial charge in [0, 0.05) is 18.2 Å². The average molecular weight is 225 g/mol. The summed E-state index contributed by atoms with van der Waals surface area (Å²) in [7, 11) is 0. The molecule has 0 radical (unpaired) electrons. The molecular weight excluding hydrogens is 214 g/mol. The molecule has 74 valence electrons. The Morgan fingerprint density at radius 1 is 1.57 bits per heavy atom. The Morgan fingerprint density at radius 2 is 2.36 bits per heavy atom. The molecule has 0 aliphatic heterocycles. The van der Waals surface area contributed by atoms with Crippen molar-refractivity contribution in [3.05, 3.63) is 21.5 Å². The monoisotopic (exact) mass is 225 g/mol. The van der Waals surface area contributed by atoms with E-state index in [4.69, 9.17) is 16.6 Å². The fourth-order valence-corrected chi connectivity index (χ4v) is 2.55. The van der Waals surface area contributed by atoms with Gasteiger partial charge in [0.15, 0.2) is 11.5 Å². The Labute approximate surface area is 91.6 Å². The second-order valence-corrected chi connectivity index (χ2v) is 4.40. The lowest BCUT2D eigenvalue weighted by Gasteiger charge is -2.02. The number of rotatable bonds is 2. The smallest absolute Gasteiger partial charge is 0.195 e. The summed E-state index contributed by atoms with van der Waals surface area (Å²) in [5.74, 6) is 0.756. The van der Waals surface area contributed by atoms with Crippen molar-refractivity contribution in [1.82, 2.24) is 0 Å². The van der Waals surface area contributed by atoms with Gasteiger partial charge < -0.3 is 9.73 Å². The summed E-state index contributed by atoms with van der Waals surface area (Å²) < 4.78 is 7.62. The van der Waals surface area contributed by atoms with Crippen molar-refractivity contribution in [3.8, 4) is 0 Å². The van der Waals surface area contributed by atoms with Crippen LogP contribution in [0.1, 0.15) is 12.5 Å². The van der Waals surface area contributed by atoms with Crippen LogP contribution in [0, 0.1) is 11.4 Å². The van der Waals surface area contributed by atoms with E-state index in [0.717, 1.165) is 32.8 Å². The maximum Gasteiger partial charge on any atom is 0.195 e. The quantitative estimate of drug-likeness (QED) is 0.783. The van der Waals surface area contributed by atoms with E-state index in [-0.39, 0.29) is 0 Å². The highest BCUT2D eigenvalue weighted by atomic mass is 32.1. The summed E-state index contributed by atoms with van der Waals surface area (Å²) in [6, 6.07) is 1.87. The van der Waals surface area contributed by atoms with Crippen LogP contribution in [0.5, 0.6) is 0 Å². The van der Waals surface area contributed by atoms with Crippen molar-refractivity contribution in [2.45, 2.75) is 13.8 Å². The number of aryl methyl sites for hydroxylation is 1. The van der Waals surface area contributed by atoms with E-state index >= 15 is 0 Å². The second-order valence-electron chi connectivity index (χ2n) is 3.08. The van der Waals surface area contributed by atoms with Crippen LogP contribution >= 0.6 is 23.6 Å². The van der Waals surface area contributed by atoms with Crippen molar-refractivity contribution in [2.75, 3.05) is 11.9 Å². The molecular formula is C10H11NOS2. The van der Waals surface area contributed by atoms with Gasteiger partial charge >= 0.3 is 0 Å². The lowest BCUT2D eigenvalue weighted by molar-refractivity contribution is 0.615. The Bertz CT molecular complexity index is 512. The minimum atomic E-state index is 0.756. The molecule has 0 amide bonds. The lowest BCUT2D eigenvalue weighted by atomic mass is 10.3. The molecule has 2 aromatic heterocycles. The Morgan fingerprint density at radius 3 is 3.07 bits per heavy atom. The number of anilines is 1. The molecule has 0 aromatic carbocycles. The van der Waals surface area contributed by atoms with Crippen molar-refractivity contribution in [2.24, 2.45) is 0 Å². The zero-order valence-corrected chi connectivity index (χ0v) is 9.72. The van der Waals surface area contributed by atoms with Gasteiger partial charge in [-0.15, -0.1) is 11.3 Å². The van der Waals surface area contributed by atoms with Crippen molar-refractivity contribution in [1.29, 1.82) is 0 Å². The summed E-state index contributed by atoms with van der Waals surface area (Å²) >= 11 is 6.92. The van der Waals surface area contributed by atoms with E-state index < -0.39 is 0 Å². The maximum atomic E-state index is 5.69. The van der Waals surface area contributed by atoms with Crippen LogP contribution in [0.4, 0.5) is 5.88 Å². The molecule has 0 atom stereocenters. The highest BCUT2D eigenvalue weighted by Crippen LogP contribution is 2.29. The van der Waals surface area contributed by atoms with E-state index in [1.54, 1.807) is 11.3 Å². The Kier molecular flexibility index (Phi) is 2.56. The number of nitrogens with one attached hydrogen (secondary N) is 1. The van der Waals surface area contributed by atoms with Gasteiger partial charge in [-0.3, -0.25) is 0 Å². The molecule has 4 heteroatoms. The third-order valence-electron chi connectivity index (χ3n) is 1.97. The van der Waals surface area contributed by atoms with E-state index in [9.17, 15) is 0 Å². The summed E-state index contributed by atoms with van der Waals surface area (Å²) in [6.07, 6.45) is 0. The summed E-state index contributed by atoms with van der Waals surface area (Å²) in [4.78, 5) is 0. The van der Waals surface area contributed by atoms with Crippen LogP contribution in [-0.4, -0.2) is 6.54 Å². The SMILES string of the molecule is CCNc1cc(=S)c2scc(C)c2o1. The third-order valence-corrected chi connectivity index (χ3v) is 3.53. The van der Waals surface area contributed by atoms with Gasteiger partial charge in [-0.05, 0) is 19.2 Å². The second kappa shape index (κ2) is 3.71. The number of fused-ring (bicyclic) bond motifs is 1. The van der Waals surface area contributed by atoms with Crippen LogP contribution in [0.25, 0.3) is 10.3 Å². The van der Waals surface area contributed by atoms with E-state index in [2.05, 4.69) is 10.7 Å². The highest BCUT2D eigenvalue weighted by molar-refractivity contribution is 7.72. The molecule has 0 spiro atoms. The highest BCUT2D eigenvalue weighted by Gasteiger charge is 2.06. The molecule has 0 aliphatic rings. The van der Waals surface area contributed by atoms with Crippen LogP contribution in [0.3, 0.4) is 0 Å². The van der Waals surface area contributed by atoms with Crippen LogP contribution < -0.4 is 5.32 Å². The molecule has 0 saturated heterocycles. The zero-order valence-electron chi connectivity index (χ0n) is 8.09. The van der Waals surface area contributed by atoms with Gasteiger partial charge in [0.25, 0.3) is 0 Å². The first-order chi connectivity index (χ1) is 6.72. The predicted molar refractivity (Wildman–Crippen MR) is 63.8 cm³/mol. The minimum Gasteiger partial charge on any atom is -0.440 e. The Hall–Kier alpha value is -0.870. The standard InChI is InChI=1S/C10H11NOS2/c1-3-11-8-4-7(13)10-9(12-8)6(2)5-14-10/h4-5,11H,3H2,1-2H3. The van der Waals surface area contributed by atoms with Gasteiger partial charge in [-0.25, -0.2) is 0 Å². The topological polar surface area (TPSA) is 25.2 Å². The first-order valence-electron chi connectivity index (χ1n) is 4.48. The molecule has 14 heavy (non-hydrogen) atoms. The lowest BCUT2D eigenvalue weighted by Crippen LogP contribution is -1.95. The predicted octanol–water partition coefficient (Wildman–Crippen LogP) is 3.96. The number of hydrogen-bond donors (Lipinski definition) is 1. The normalized spacial score (nSPS) is 10.7. The summed E-state index contributed by atoms with van der Waals surface area (Å²) in [6.45, 7) is 4.91. The molecule has 2 nitrogen and oxygen atoms in total. The number of thiophene rings is 1. The molecule has 2 rings (SSSR count). The largest absolute Gasteiger partial charge is 0.440 e. The first-order valence-corrected chi connectivity index (χ1v) is 5.77. The Balaban J connectivity index is 2.69. The molecule has 2 aromatic rings. The van der Waals surface area contributed by atoms with Gasteiger partial charge in [-0.1, -0.05) is 12.2 Å². The van der Waals surface area contributed by atoms with Crippen molar-refractivity contribution >= 4 is 39.7 Å². The molecule has 0 saturated carbocycles. The molecule has 0 unspecified atom stereocenters. The van der Waals surface area contributed by atoms with Crippen molar-refractivity contribution < 1.29 is 4.42 Å². The van der Waals surface area contributed by atoms with Crippen molar-refractivity contribution in [3.63, 3.8) is 0 Å². The molecule has 0 fully saturated rings. The third kappa shape index (κ3) is 1.55. The fraction of sp³-hybridized carbons (Fsp3) is 0.300. The van der Waals surface area contributed by atoms with Crippen LogP contribution in [0.15, 0.2) is 15.9 Å². The fourth-order valence-electron chi connectivity index (χ4n) is 1.32. The zero-order chi connectivity index (χ0) is 10.1. The molecule has 1 N–H and O–H groups in total. The summed E-state index contributed by atoms with van der Waals surface area (Å²) in [5, 5.41) is 5.20. The van der Waals surface area contributed by atoms with Crippen LogP contribution in [-0.2, 0) is 0 Å². The van der Waals surface area contributed by atoms with Gasteiger partial charge in [0.05, 0.1) is 9.21 Å². The molecule has 0 aliphatic carbocycles.